The van der Waals surface area contributed by atoms with Crippen LogP contribution >= 0.6 is 0 Å². The molecule has 6 heavy (non-hydrogen) atoms. The molecule has 0 rings (SSSR count). The Morgan fingerprint density at radius 1 is 1.33 bits per heavy atom. The van der Waals surface area contributed by atoms with Crippen LogP contribution in [-0.2, 0) is 0 Å². The van der Waals surface area contributed by atoms with E-state index >= 15 is 0 Å². The minimum absolute atomic E-state index is 0. The molecule has 0 unspecified atom stereocenters. The van der Waals surface area contributed by atoms with Gasteiger partial charge in [-0.2, -0.15) is 0 Å². The molecule has 0 amide bonds. The van der Waals surface area contributed by atoms with E-state index in [0.29, 0.717) is 0 Å². The Morgan fingerprint density at radius 2 is 1.33 bits per heavy atom. The molecule has 0 aliphatic rings. The molecule has 0 bridgehead atoms. The monoisotopic (exact) mass is 102 g/mol. The maximum atomic E-state index is 7.57. The Labute approximate surface area is 60.5 Å². The summed E-state index contributed by atoms with van der Waals surface area (Å²) >= 11 is 0. The molecule has 0 saturated carbocycles. The predicted octanol–water partition coefficient (Wildman–Crippen LogP) is -1.04. The van der Waals surface area contributed by atoms with Gasteiger partial charge in [-0.05, 0) is 6.92 Å². The van der Waals surface area contributed by atoms with Crippen LogP contribution in [0.1, 0.15) is 6.92 Å². The normalized spacial score (nSPS) is 4.00. The molecule has 0 atom stereocenters. The van der Waals surface area contributed by atoms with Crippen molar-refractivity contribution in [1.29, 1.82) is 0 Å². The molecule has 0 aromatic heterocycles. The van der Waals surface area contributed by atoms with Gasteiger partial charge in [-0.15, -0.1) is 0 Å². The number of hydrogen-bond donors (Lipinski definition) is 2. The van der Waals surface area contributed by atoms with Crippen LogP contribution in [0.3, 0.4) is 0 Å². The summed E-state index contributed by atoms with van der Waals surface area (Å²) in [6.45, 7) is 1.93. The van der Waals surface area contributed by atoms with Crippen LogP contribution in [0, 0.1) is 0 Å². The molecule has 2 N–H and O–H groups in total. The van der Waals surface area contributed by atoms with Gasteiger partial charge in [0.15, 0.2) is 0 Å². The van der Waals surface area contributed by atoms with Crippen molar-refractivity contribution in [3.8, 4) is 0 Å². The van der Waals surface area contributed by atoms with E-state index in [1.54, 1.807) is 6.92 Å². The summed E-state index contributed by atoms with van der Waals surface area (Å²) in [7, 11) is 1.00. The fourth-order valence-corrected chi connectivity index (χ4v) is 0. The van der Waals surface area contributed by atoms with Crippen LogP contribution in [0.25, 0.3) is 0 Å². The summed E-state index contributed by atoms with van der Waals surface area (Å²) in [6, 6.07) is 0. The van der Waals surface area contributed by atoms with Crippen molar-refractivity contribution < 1.29 is 10.2 Å². The molecule has 0 radical (unpaired) electrons. The number of rotatable bonds is 0. The van der Waals surface area contributed by atoms with E-state index in [0.717, 1.165) is 7.11 Å². The number of aliphatic hydroxyl groups is 2. The van der Waals surface area contributed by atoms with Gasteiger partial charge in [-0.1, -0.05) is 0 Å². The van der Waals surface area contributed by atoms with E-state index in [1.165, 1.54) is 0 Å². The van der Waals surface area contributed by atoms with Gasteiger partial charge in [-0.25, -0.2) is 0 Å². The third-order valence-electron chi connectivity index (χ3n) is 0. The molecule has 0 saturated heterocycles. The first-order chi connectivity index (χ1) is 2.41. The molecule has 0 spiro atoms. The second-order valence-corrected chi connectivity index (χ2v) is 0.316. The maximum absolute atomic E-state index is 7.57. The van der Waals surface area contributed by atoms with Gasteiger partial charge in [0.1, 0.15) is 0 Å². The molecule has 0 heterocycles. The summed E-state index contributed by atoms with van der Waals surface area (Å²) in [5.41, 5.74) is 0. The van der Waals surface area contributed by atoms with Crippen molar-refractivity contribution in [3.63, 3.8) is 0 Å². The summed E-state index contributed by atoms with van der Waals surface area (Å²) in [5.74, 6) is 0. The summed E-state index contributed by atoms with van der Waals surface area (Å²) < 4.78 is 0. The molecule has 0 aromatic rings. The van der Waals surface area contributed by atoms with Crippen molar-refractivity contribution in [2.75, 3.05) is 13.7 Å². The van der Waals surface area contributed by atoms with E-state index in [2.05, 4.69) is 0 Å². The zero-order valence-corrected chi connectivity index (χ0v) is 3.60. The second kappa shape index (κ2) is 38.9. The zero-order valence-electron chi connectivity index (χ0n) is 3.60. The van der Waals surface area contributed by atoms with Crippen LogP contribution in [-0.4, -0.2) is 53.5 Å². The van der Waals surface area contributed by atoms with Gasteiger partial charge in [-0.3, -0.25) is 0 Å². The van der Waals surface area contributed by atoms with Gasteiger partial charge in [0, 0.05) is 13.7 Å². The minimum atomic E-state index is 0. The van der Waals surface area contributed by atoms with Crippen LogP contribution in [0.4, 0.5) is 0 Å². The van der Waals surface area contributed by atoms with Gasteiger partial charge in [0.05, 0.1) is 0 Å². The molecule has 0 fully saturated rings. The van der Waals surface area contributed by atoms with E-state index in [4.69, 9.17) is 10.2 Å². The van der Waals surface area contributed by atoms with E-state index in [-0.39, 0.29) is 36.2 Å². The molecule has 2 nitrogen and oxygen atoms in total. The third-order valence-corrected chi connectivity index (χ3v) is 0. The van der Waals surface area contributed by atoms with Crippen LogP contribution in [0.2, 0.25) is 0 Å². The van der Waals surface area contributed by atoms with Crippen molar-refractivity contribution in [2.45, 2.75) is 6.92 Å². The molecular weight excluding hydrogens is 91.0 g/mol. The average molecular weight is 102 g/mol. The first kappa shape index (κ1) is 15.8. The summed E-state index contributed by atoms with van der Waals surface area (Å²) in [4.78, 5) is 0. The van der Waals surface area contributed by atoms with Crippen molar-refractivity contribution in [1.82, 2.24) is 0 Å². The van der Waals surface area contributed by atoms with Crippen LogP contribution in [0.5, 0.6) is 0 Å². The molecule has 3 heteroatoms. The Kier molecular flexibility index (Phi) is 102. The fraction of sp³-hybridized carbons (Fsp3) is 1.00. The van der Waals surface area contributed by atoms with Crippen molar-refractivity contribution in [2.24, 2.45) is 0 Å². The second-order valence-electron chi connectivity index (χ2n) is 0.316. The predicted molar refractivity (Wildman–Crippen MR) is 28.1 cm³/mol. The zero-order chi connectivity index (χ0) is 4.71. The van der Waals surface area contributed by atoms with Gasteiger partial charge >= 0.3 is 29.6 Å². The molecular formula is C3H11NaO2. The van der Waals surface area contributed by atoms with E-state index < -0.39 is 0 Å². The quantitative estimate of drug-likeness (QED) is 0.383. The average Bonchev–Trinajstić information content (AvgIpc) is 1.46. The van der Waals surface area contributed by atoms with Gasteiger partial charge < -0.3 is 10.2 Å². The summed E-state index contributed by atoms with van der Waals surface area (Å²) in [5, 5.41) is 14.6. The molecule has 0 aliphatic carbocycles. The van der Waals surface area contributed by atoms with Gasteiger partial charge in [0.2, 0.25) is 0 Å². The van der Waals surface area contributed by atoms with E-state index in [9.17, 15) is 0 Å². The fourth-order valence-electron chi connectivity index (χ4n) is 0. The van der Waals surface area contributed by atoms with Gasteiger partial charge in [0.25, 0.3) is 0 Å². The molecule has 0 aromatic carbocycles. The SMILES string of the molecule is CCO.CO.[NaH]. The third kappa shape index (κ3) is 89.3. The van der Waals surface area contributed by atoms with Crippen LogP contribution in [0.15, 0.2) is 0 Å². The Bertz CT molecular complexity index is 8.75. The Morgan fingerprint density at radius 3 is 1.33 bits per heavy atom. The standard InChI is InChI=1S/C2H6O.CH4O.Na.H/c1-2-3;1-2;;/h3H,2H2,1H3;2H,1H3;;. The first-order valence-electron chi connectivity index (χ1n) is 1.47. The Hall–Kier alpha value is 0.920. The Balaban J connectivity index is -0.0000000275. The first-order valence-corrected chi connectivity index (χ1v) is 1.47. The topological polar surface area (TPSA) is 40.5 Å². The molecule has 0 aliphatic heterocycles. The van der Waals surface area contributed by atoms with E-state index in [1.807, 2.05) is 0 Å². The van der Waals surface area contributed by atoms with Crippen molar-refractivity contribution in [3.05, 3.63) is 0 Å². The molecule has 36 valence electrons. The number of aliphatic hydroxyl groups excluding tert-OH is 2. The summed E-state index contributed by atoms with van der Waals surface area (Å²) in [6.07, 6.45) is 0. The van der Waals surface area contributed by atoms with Crippen molar-refractivity contribution >= 4 is 29.6 Å². The van der Waals surface area contributed by atoms with Crippen LogP contribution < -0.4 is 0 Å². The number of hydrogen-bond acceptors (Lipinski definition) is 2.